The van der Waals surface area contributed by atoms with Crippen LogP contribution in [0.5, 0.6) is 0 Å². The smallest absolute Gasteiger partial charge is 0.283 e. The number of benzene rings is 2. The second-order valence-electron chi connectivity index (χ2n) is 7.40. The van der Waals surface area contributed by atoms with Crippen LogP contribution in [0, 0.1) is 10.1 Å². The molecule has 0 bridgehead atoms. The number of thioether (sulfide) groups is 1. The molecule has 0 radical (unpaired) electrons. The predicted molar refractivity (Wildman–Crippen MR) is 127 cm³/mol. The van der Waals surface area contributed by atoms with Crippen molar-refractivity contribution in [3.63, 3.8) is 0 Å². The number of rotatable bonds is 7. The van der Waals surface area contributed by atoms with E-state index in [-0.39, 0.29) is 28.8 Å². The number of nitro groups is 1. The van der Waals surface area contributed by atoms with Crippen molar-refractivity contribution in [1.29, 1.82) is 0 Å². The van der Waals surface area contributed by atoms with E-state index >= 15 is 0 Å². The van der Waals surface area contributed by atoms with E-state index in [1.165, 1.54) is 6.07 Å². The zero-order chi connectivity index (χ0) is 23.3. The molecule has 32 heavy (non-hydrogen) atoms. The molecule has 2 aromatic carbocycles. The molecule has 0 aliphatic carbocycles. The van der Waals surface area contributed by atoms with E-state index in [2.05, 4.69) is 4.90 Å². The number of nitro benzene ring substituents is 1. The number of halogens is 1. The molecule has 8 nitrogen and oxygen atoms in total. The molecule has 1 aliphatic rings. The summed E-state index contributed by atoms with van der Waals surface area (Å²) < 4.78 is 0. The molecule has 1 heterocycles. The maximum atomic E-state index is 13.0. The predicted octanol–water partition coefficient (Wildman–Crippen LogP) is 3.78. The summed E-state index contributed by atoms with van der Waals surface area (Å²) in [6, 6.07) is 12.0. The number of hydrogen-bond acceptors (Lipinski definition) is 6. The fraction of sp³-hybridized carbons (Fsp3) is 0.364. The monoisotopic (exact) mass is 476 g/mol. The Morgan fingerprint density at radius 3 is 2.50 bits per heavy atom. The summed E-state index contributed by atoms with van der Waals surface area (Å²) >= 11 is 7.18. The van der Waals surface area contributed by atoms with Gasteiger partial charge in [0.15, 0.2) is 0 Å². The summed E-state index contributed by atoms with van der Waals surface area (Å²) in [5, 5.41) is 12.3. The Kier molecular flexibility index (Phi) is 7.98. The first kappa shape index (κ1) is 23.9. The molecule has 1 saturated heterocycles. The number of amides is 2. The topological polar surface area (TPSA) is 87.0 Å². The molecule has 0 atom stereocenters. The Morgan fingerprint density at radius 2 is 1.88 bits per heavy atom. The van der Waals surface area contributed by atoms with E-state index in [9.17, 15) is 19.7 Å². The molecule has 0 aromatic heterocycles. The van der Waals surface area contributed by atoms with E-state index in [0.29, 0.717) is 42.6 Å². The third-order valence-corrected chi connectivity index (χ3v) is 6.68. The Balaban J connectivity index is 1.67. The van der Waals surface area contributed by atoms with Crippen molar-refractivity contribution in [3.05, 3.63) is 63.2 Å². The van der Waals surface area contributed by atoms with Crippen LogP contribution in [0.1, 0.15) is 17.3 Å². The van der Waals surface area contributed by atoms with Gasteiger partial charge in [0.05, 0.1) is 15.6 Å². The van der Waals surface area contributed by atoms with Gasteiger partial charge in [-0.05, 0) is 37.3 Å². The van der Waals surface area contributed by atoms with Gasteiger partial charge in [-0.1, -0.05) is 17.7 Å². The minimum absolute atomic E-state index is 0.101. The Hall–Kier alpha value is -2.78. The van der Waals surface area contributed by atoms with Gasteiger partial charge in [0, 0.05) is 62.1 Å². The normalized spacial score (nSPS) is 13.7. The fourth-order valence-corrected chi connectivity index (χ4v) is 4.49. The van der Waals surface area contributed by atoms with Crippen molar-refractivity contribution in [1.82, 2.24) is 9.80 Å². The lowest BCUT2D eigenvalue weighted by Gasteiger charge is -2.36. The molecule has 0 spiro atoms. The first-order valence-electron chi connectivity index (χ1n) is 10.2. The van der Waals surface area contributed by atoms with Crippen LogP contribution in [-0.2, 0) is 4.79 Å². The third-order valence-electron chi connectivity index (χ3n) is 5.39. The molecular weight excluding hydrogens is 452 g/mol. The molecule has 0 unspecified atom stereocenters. The Labute approximate surface area is 196 Å². The van der Waals surface area contributed by atoms with Crippen molar-refractivity contribution in [2.45, 2.75) is 11.8 Å². The van der Waals surface area contributed by atoms with E-state index in [0.717, 1.165) is 17.4 Å². The lowest BCUT2D eigenvalue weighted by atomic mass is 10.1. The lowest BCUT2D eigenvalue weighted by molar-refractivity contribution is -0.387. The molecule has 0 N–H and O–H groups in total. The second kappa shape index (κ2) is 10.7. The lowest BCUT2D eigenvalue weighted by Crippen LogP contribution is -2.48. The SMILES string of the molecule is CCN(C)C(=O)CSc1ccc(C(=O)N2CCN(c3cccc(Cl)c3)CC2)cc1[N+](=O)[O-]. The van der Waals surface area contributed by atoms with Crippen LogP contribution >= 0.6 is 23.4 Å². The van der Waals surface area contributed by atoms with Gasteiger partial charge in [-0.2, -0.15) is 0 Å². The van der Waals surface area contributed by atoms with Gasteiger partial charge in [-0.3, -0.25) is 19.7 Å². The van der Waals surface area contributed by atoms with Gasteiger partial charge in [0.2, 0.25) is 5.91 Å². The average Bonchev–Trinajstić information content (AvgIpc) is 2.81. The zero-order valence-corrected chi connectivity index (χ0v) is 19.6. The molecule has 1 fully saturated rings. The summed E-state index contributed by atoms with van der Waals surface area (Å²) in [5.41, 5.74) is 1.12. The summed E-state index contributed by atoms with van der Waals surface area (Å²) in [7, 11) is 1.69. The van der Waals surface area contributed by atoms with Gasteiger partial charge in [-0.15, -0.1) is 11.8 Å². The quantitative estimate of drug-likeness (QED) is 0.343. The van der Waals surface area contributed by atoms with Gasteiger partial charge in [0.25, 0.3) is 11.6 Å². The number of anilines is 1. The molecular formula is C22H25ClN4O4S. The van der Waals surface area contributed by atoms with E-state index < -0.39 is 4.92 Å². The van der Waals surface area contributed by atoms with Crippen LogP contribution in [0.25, 0.3) is 0 Å². The number of piperazine rings is 1. The number of nitrogens with zero attached hydrogens (tertiary/aromatic N) is 4. The molecule has 1 aliphatic heterocycles. The number of carbonyl (C=O) groups is 2. The molecule has 0 saturated carbocycles. The highest BCUT2D eigenvalue weighted by molar-refractivity contribution is 8.00. The highest BCUT2D eigenvalue weighted by atomic mass is 35.5. The van der Waals surface area contributed by atoms with Crippen molar-refractivity contribution < 1.29 is 14.5 Å². The Morgan fingerprint density at radius 1 is 1.16 bits per heavy atom. The van der Waals surface area contributed by atoms with Crippen molar-refractivity contribution >= 4 is 46.6 Å². The van der Waals surface area contributed by atoms with E-state index in [4.69, 9.17) is 11.6 Å². The third kappa shape index (κ3) is 5.72. The molecule has 3 rings (SSSR count). The first-order valence-corrected chi connectivity index (χ1v) is 11.6. The first-order chi connectivity index (χ1) is 15.3. The second-order valence-corrected chi connectivity index (χ2v) is 8.85. The number of carbonyl (C=O) groups excluding carboxylic acids is 2. The van der Waals surface area contributed by atoms with Gasteiger partial charge in [-0.25, -0.2) is 0 Å². The Bertz CT molecular complexity index is 1010. The fourth-order valence-electron chi connectivity index (χ4n) is 3.36. The van der Waals surface area contributed by atoms with Crippen molar-refractivity contribution in [2.75, 3.05) is 50.4 Å². The minimum Gasteiger partial charge on any atom is -0.368 e. The van der Waals surface area contributed by atoms with Gasteiger partial charge >= 0.3 is 0 Å². The maximum absolute atomic E-state index is 13.0. The summed E-state index contributed by atoms with van der Waals surface area (Å²) in [6.45, 7) is 4.74. The zero-order valence-electron chi connectivity index (χ0n) is 18.0. The average molecular weight is 477 g/mol. The van der Waals surface area contributed by atoms with E-state index in [1.807, 2.05) is 31.2 Å². The molecule has 2 amide bonds. The van der Waals surface area contributed by atoms with Crippen LogP contribution in [-0.4, -0.2) is 72.1 Å². The van der Waals surface area contributed by atoms with Gasteiger partial charge in [0.1, 0.15) is 0 Å². The van der Waals surface area contributed by atoms with Crippen LogP contribution < -0.4 is 4.90 Å². The van der Waals surface area contributed by atoms with Crippen molar-refractivity contribution in [3.8, 4) is 0 Å². The highest BCUT2D eigenvalue weighted by Crippen LogP contribution is 2.31. The minimum atomic E-state index is -0.510. The van der Waals surface area contributed by atoms with Crippen LogP contribution in [0.15, 0.2) is 47.4 Å². The summed E-state index contributed by atoms with van der Waals surface area (Å²) in [6.07, 6.45) is 0. The van der Waals surface area contributed by atoms with Crippen LogP contribution in [0.3, 0.4) is 0 Å². The van der Waals surface area contributed by atoms with Crippen LogP contribution in [0.2, 0.25) is 5.02 Å². The molecule has 170 valence electrons. The maximum Gasteiger partial charge on any atom is 0.283 e. The molecule has 2 aromatic rings. The summed E-state index contributed by atoms with van der Waals surface area (Å²) in [4.78, 5) is 41.9. The molecule has 10 heteroatoms. The van der Waals surface area contributed by atoms with Crippen LogP contribution in [0.4, 0.5) is 11.4 Å². The van der Waals surface area contributed by atoms with Crippen molar-refractivity contribution in [2.24, 2.45) is 0 Å². The largest absolute Gasteiger partial charge is 0.368 e. The summed E-state index contributed by atoms with van der Waals surface area (Å²) in [5.74, 6) is -0.245. The van der Waals surface area contributed by atoms with Gasteiger partial charge < -0.3 is 14.7 Å². The number of hydrogen-bond donors (Lipinski definition) is 0. The standard InChI is InChI=1S/C22H25ClN4O4S/c1-3-24(2)21(28)15-32-20-8-7-16(13-19(20)27(30)31)22(29)26-11-9-25(10-12-26)18-6-4-5-17(23)14-18/h4-8,13-14H,3,9-12,15H2,1-2H3. The highest BCUT2D eigenvalue weighted by Gasteiger charge is 2.25. The van der Waals surface area contributed by atoms with E-state index in [1.54, 1.807) is 29.0 Å².